The second kappa shape index (κ2) is 70.7. The SMILES string of the molecule is CCCCCCCCCCCCCCCCCCCCCCCCCOOOOOOOOOOOC(CCCCOCCOCCOCCOCCOCCOCCOCCOCCOCCOC)COCCC(=O)O. The van der Waals surface area contributed by atoms with Gasteiger partial charge in [-0.1, -0.05) is 148 Å². The van der Waals surface area contributed by atoms with Gasteiger partial charge in [-0.2, -0.15) is 4.89 Å². The van der Waals surface area contributed by atoms with Crippen LogP contribution in [-0.2, 0) is 112 Å². The van der Waals surface area contributed by atoms with E-state index >= 15 is 0 Å². The van der Waals surface area contributed by atoms with Crippen LogP contribution in [0.25, 0.3) is 0 Å². The number of methoxy groups -OCH3 is 1. The highest BCUT2D eigenvalue weighted by Crippen LogP contribution is 2.16. The largest absolute Gasteiger partial charge is 0.481 e. The lowest BCUT2D eigenvalue weighted by atomic mass is 10.0. The molecule has 0 aliphatic rings. The molecule has 0 fully saturated rings. The molecule has 77 heavy (non-hydrogen) atoms. The highest BCUT2D eigenvalue weighted by molar-refractivity contribution is 5.66. The summed E-state index contributed by atoms with van der Waals surface area (Å²) in [5, 5.41) is 46.2. The molecule has 0 saturated heterocycles. The maximum Gasteiger partial charge on any atom is 0.305 e. The van der Waals surface area contributed by atoms with E-state index in [0.29, 0.717) is 151 Å². The number of aliphatic carboxylic acids is 1. The minimum atomic E-state index is -0.992. The zero-order chi connectivity index (χ0) is 55.4. The van der Waals surface area contributed by atoms with Crippen LogP contribution in [0.1, 0.15) is 180 Å². The zero-order valence-electron chi connectivity index (χ0n) is 47.6. The molecule has 462 valence electrons. The monoisotopic (exact) mass is 1130 g/mol. The summed E-state index contributed by atoms with van der Waals surface area (Å²) in [7, 11) is 1.64. The molecule has 0 aromatic heterocycles. The molecule has 0 aromatic rings. The van der Waals surface area contributed by atoms with Gasteiger partial charge in [0, 0.05) is 13.7 Å². The summed E-state index contributed by atoms with van der Waals surface area (Å²) in [6, 6.07) is 0. The number of hydrogen-bond donors (Lipinski definition) is 1. The number of carbonyl (C=O) groups is 1. The maximum atomic E-state index is 10.8. The summed E-state index contributed by atoms with van der Waals surface area (Å²) in [6.07, 6.45) is 31.6. The average Bonchev–Trinajstić information content (AvgIpc) is 3.43. The molecule has 0 radical (unpaired) electrons. The quantitative estimate of drug-likeness (QED) is 0.0338. The van der Waals surface area contributed by atoms with Crippen LogP contribution >= 0.6 is 0 Å². The van der Waals surface area contributed by atoms with Crippen LogP contribution in [0.3, 0.4) is 0 Å². The molecule has 0 aliphatic carbocycles. The molecular weight excluding hydrogens is 1020 g/mol. The summed E-state index contributed by atoms with van der Waals surface area (Å²) in [5.41, 5.74) is 0. The molecule has 1 N–H and O–H groups in total. The Morgan fingerprint density at radius 1 is 0.312 bits per heavy atom. The summed E-state index contributed by atoms with van der Waals surface area (Å²) >= 11 is 0. The third-order valence-electron chi connectivity index (χ3n) is 11.5. The Bertz CT molecular complexity index is 1080. The first-order valence-electron chi connectivity index (χ1n) is 29.0. The highest BCUT2D eigenvalue weighted by Gasteiger charge is 2.13. The number of hydrogen-bond acceptors (Lipinski definition) is 23. The van der Waals surface area contributed by atoms with Crippen molar-refractivity contribution < 1.29 is 117 Å². The van der Waals surface area contributed by atoms with Gasteiger partial charge in [-0.05, 0) is 71.0 Å². The van der Waals surface area contributed by atoms with Crippen molar-refractivity contribution in [3.63, 3.8) is 0 Å². The number of ether oxygens (including phenoxy) is 11. The van der Waals surface area contributed by atoms with E-state index in [4.69, 9.17) is 67.0 Å². The minimum Gasteiger partial charge on any atom is -0.481 e. The van der Waals surface area contributed by atoms with E-state index in [1.807, 2.05) is 0 Å². The molecule has 0 aliphatic heterocycles. The van der Waals surface area contributed by atoms with Crippen molar-refractivity contribution in [2.45, 2.75) is 186 Å². The van der Waals surface area contributed by atoms with Gasteiger partial charge < -0.3 is 57.2 Å². The number of unbranched alkanes of at least 4 members (excludes halogenated alkanes) is 23. The van der Waals surface area contributed by atoms with E-state index in [1.54, 1.807) is 7.11 Å². The van der Waals surface area contributed by atoms with Crippen LogP contribution in [0, 0.1) is 0 Å². The summed E-state index contributed by atoms with van der Waals surface area (Å²) in [4.78, 5) is 20.7. The van der Waals surface area contributed by atoms with Crippen LogP contribution < -0.4 is 0 Å². The lowest BCUT2D eigenvalue weighted by molar-refractivity contribution is -0.855. The summed E-state index contributed by atoms with van der Waals surface area (Å²) < 4.78 is 59.6. The fourth-order valence-corrected chi connectivity index (χ4v) is 7.26. The Labute approximate surface area is 460 Å². The predicted molar refractivity (Wildman–Crippen MR) is 279 cm³/mol. The topological polar surface area (TPSA) is 240 Å². The van der Waals surface area contributed by atoms with Crippen LogP contribution in [0.5, 0.6) is 0 Å². The third kappa shape index (κ3) is 70.6. The first-order chi connectivity index (χ1) is 38.2. The van der Waals surface area contributed by atoms with E-state index in [9.17, 15) is 4.79 Å². The Balaban J connectivity index is 3.49. The molecule has 0 saturated carbocycles. The van der Waals surface area contributed by atoms with Crippen LogP contribution in [0.4, 0.5) is 0 Å². The predicted octanol–water partition coefficient (Wildman–Crippen LogP) is 10.1. The van der Waals surface area contributed by atoms with Gasteiger partial charge in [0.05, 0.1) is 145 Å². The van der Waals surface area contributed by atoms with Crippen molar-refractivity contribution in [3.8, 4) is 0 Å². The Morgan fingerprint density at radius 3 is 0.961 bits per heavy atom. The van der Waals surface area contributed by atoms with Crippen molar-refractivity contribution in [1.82, 2.24) is 0 Å². The summed E-state index contributed by atoms with van der Waals surface area (Å²) in [6.45, 7) is 11.8. The number of rotatable bonds is 72. The Hall–Kier alpha value is -1.41. The number of carboxylic acids is 1. The third-order valence-corrected chi connectivity index (χ3v) is 11.5. The molecular formula is C53H106O24. The van der Waals surface area contributed by atoms with Crippen molar-refractivity contribution in [1.29, 1.82) is 0 Å². The molecule has 24 heteroatoms. The Kier molecular flexibility index (Phi) is 69.4. The first-order valence-corrected chi connectivity index (χ1v) is 29.0. The molecule has 0 heterocycles. The van der Waals surface area contributed by atoms with E-state index in [2.05, 4.69) is 52.3 Å². The molecule has 0 amide bonds. The fourth-order valence-electron chi connectivity index (χ4n) is 7.26. The van der Waals surface area contributed by atoms with Crippen LogP contribution in [0.2, 0.25) is 0 Å². The van der Waals surface area contributed by atoms with Gasteiger partial charge in [0.2, 0.25) is 0 Å². The van der Waals surface area contributed by atoms with Crippen LogP contribution in [-0.4, -0.2) is 170 Å². The average molecular weight is 1130 g/mol. The van der Waals surface area contributed by atoms with Gasteiger partial charge in [0.1, 0.15) is 6.10 Å². The van der Waals surface area contributed by atoms with E-state index in [0.717, 1.165) is 19.3 Å². The molecule has 1 atom stereocenters. The van der Waals surface area contributed by atoms with E-state index in [-0.39, 0.29) is 19.6 Å². The maximum absolute atomic E-state index is 10.8. The lowest BCUT2D eigenvalue weighted by Crippen LogP contribution is -2.22. The van der Waals surface area contributed by atoms with Gasteiger partial charge >= 0.3 is 5.97 Å². The number of carboxylic acid groups (broad SMARTS) is 1. The standard InChI is InChI=1S/C53H106O24/c1-3-4-5-6-7-8-9-10-11-12-13-14-15-16-17-18-19-20-21-22-23-24-26-31-67-69-71-73-75-77-76-74-72-70-68-52(51-66-32-29-53(54)55)28-25-27-30-57-35-36-59-39-40-61-43-44-63-47-48-65-50-49-64-46-45-62-42-41-60-38-37-58-34-33-56-2/h52H,3-51H2,1-2H3,(H,54,55). The second-order valence-corrected chi connectivity index (χ2v) is 18.1. The van der Waals surface area contributed by atoms with Gasteiger partial charge in [0.25, 0.3) is 0 Å². The lowest BCUT2D eigenvalue weighted by Gasteiger charge is -2.15. The normalized spacial score (nSPS) is 12.1. The van der Waals surface area contributed by atoms with Crippen molar-refractivity contribution >= 4 is 5.97 Å². The second-order valence-electron chi connectivity index (χ2n) is 18.1. The molecule has 1 unspecified atom stereocenters. The van der Waals surface area contributed by atoms with Gasteiger partial charge in [-0.3, -0.25) is 4.79 Å². The molecule has 24 nitrogen and oxygen atoms in total. The smallest absolute Gasteiger partial charge is 0.305 e. The molecule has 0 aromatic carbocycles. The van der Waals surface area contributed by atoms with Crippen molar-refractivity contribution in [3.05, 3.63) is 0 Å². The first kappa shape index (κ1) is 75.6. The molecule has 0 rings (SSSR count). The van der Waals surface area contributed by atoms with E-state index < -0.39 is 12.1 Å². The minimum absolute atomic E-state index is 0.0150. The van der Waals surface area contributed by atoms with Crippen LogP contribution in [0.15, 0.2) is 0 Å². The fraction of sp³-hybridized carbons (Fsp3) is 0.981. The van der Waals surface area contributed by atoms with E-state index in [1.165, 1.54) is 128 Å². The van der Waals surface area contributed by atoms with Gasteiger partial charge in [0.15, 0.2) is 0 Å². The van der Waals surface area contributed by atoms with Crippen molar-refractivity contribution in [2.24, 2.45) is 0 Å². The van der Waals surface area contributed by atoms with Gasteiger partial charge in [-0.25, -0.2) is 4.89 Å². The van der Waals surface area contributed by atoms with Gasteiger partial charge in [-0.15, -0.1) is 0 Å². The summed E-state index contributed by atoms with van der Waals surface area (Å²) in [5.74, 6) is -0.992. The van der Waals surface area contributed by atoms with Crippen molar-refractivity contribution in [2.75, 3.05) is 152 Å². The zero-order valence-corrected chi connectivity index (χ0v) is 47.6. The Morgan fingerprint density at radius 2 is 0.610 bits per heavy atom. The molecule has 0 bridgehead atoms. The molecule has 0 spiro atoms. The highest BCUT2D eigenvalue weighted by atomic mass is 17.9.